The second-order valence-electron chi connectivity index (χ2n) is 3.71. The first-order valence-electron chi connectivity index (χ1n) is 5.86. The van der Waals surface area contributed by atoms with Crippen LogP contribution in [0.3, 0.4) is 0 Å². The molecule has 0 aromatic rings. The monoisotopic (exact) mass is 246 g/mol. The summed E-state index contributed by atoms with van der Waals surface area (Å²) >= 11 is 0. The number of hydrogen-bond donors (Lipinski definition) is 2. The van der Waals surface area contributed by atoms with Crippen LogP contribution in [0.5, 0.6) is 0 Å². The molecular weight excluding hydrogens is 224 g/mol. The Hall–Kier alpha value is -1.30. The number of aliphatic carboxylic acids is 1. The van der Waals surface area contributed by atoms with Crippen molar-refractivity contribution in [1.82, 2.24) is 10.2 Å². The summed E-state index contributed by atoms with van der Waals surface area (Å²) in [6.45, 7) is 7.50. The molecule has 6 heteroatoms. The topological polar surface area (TPSA) is 78.9 Å². The Morgan fingerprint density at radius 1 is 1.41 bits per heavy atom. The van der Waals surface area contributed by atoms with E-state index in [1.807, 2.05) is 13.8 Å². The molecule has 0 bridgehead atoms. The summed E-state index contributed by atoms with van der Waals surface area (Å²) < 4.78 is 5.09. The van der Waals surface area contributed by atoms with Crippen LogP contribution >= 0.6 is 0 Å². The lowest BCUT2D eigenvalue weighted by Gasteiger charge is -2.23. The molecule has 2 amide bonds. The number of hydrogen-bond acceptors (Lipinski definition) is 3. The molecule has 0 aliphatic heterocycles. The van der Waals surface area contributed by atoms with Crippen molar-refractivity contribution in [2.45, 2.75) is 20.8 Å². The molecule has 17 heavy (non-hydrogen) atoms. The van der Waals surface area contributed by atoms with Crippen LogP contribution in [0, 0.1) is 5.92 Å². The van der Waals surface area contributed by atoms with Gasteiger partial charge in [-0.1, -0.05) is 6.92 Å². The van der Waals surface area contributed by atoms with E-state index in [-0.39, 0.29) is 12.6 Å². The molecule has 0 heterocycles. The van der Waals surface area contributed by atoms with Crippen LogP contribution in [-0.2, 0) is 9.53 Å². The Kier molecular flexibility index (Phi) is 8.13. The van der Waals surface area contributed by atoms with E-state index in [9.17, 15) is 9.59 Å². The van der Waals surface area contributed by atoms with Crippen molar-refractivity contribution >= 4 is 12.0 Å². The number of nitrogens with one attached hydrogen (secondary N) is 1. The molecule has 0 aromatic carbocycles. The molecule has 0 saturated heterocycles. The second-order valence-corrected chi connectivity index (χ2v) is 3.71. The van der Waals surface area contributed by atoms with Crippen LogP contribution in [0.4, 0.5) is 4.79 Å². The molecule has 6 nitrogen and oxygen atoms in total. The summed E-state index contributed by atoms with van der Waals surface area (Å²) in [5.74, 6) is -1.46. The molecule has 0 aliphatic rings. The van der Waals surface area contributed by atoms with Gasteiger partial charge < -0.3 is 20.1 Å². The zero-order chi connectivity index (χ0) is 13.3. The van der Waals surface area contributed by atoms with E-state index in [2.05, 4.69) is 5.32 Å². The van der Waals surface area contributed by atoms with E-state index in [0.29, 0.717) is 26.3 Å². The van der Waals surface area contributed by atoms with E-state index >= 15 is 0 Å². The van der Waals surface area contributed by atoms with Gasteiger partial charge in [-0.05, 0) is 13.8 Å². The van der Waals surface area contributed by atoms with Crippen molar-refractivity contribution in [3.05, 3.63) is 0 Å². The molecule has 1 atom stereocenters. The third kappa shape index (κ3) is 6.78. The molecule has 0 aliphatic carbocycles. The van der Waals surface area contributed by atoms with Crippen LogP contribution in [-0.4, -0.2) is 54.9 Å². The second kappa shape index (κ2) is 8.81. The molecule has 0 saturated carbocycles. The normalized spacial score (nSPS) is 11.9. The first-order valence-corrected chi connectivity index (χ1v) is 5.86. The van der Waals surface area contributed by atoms with E-state index in [0.717, 1.165) is 0 Å². The standard InChI is InChI=1S/C11H22N2O4/c1-4-13(8-9(3)10(14)15)11(16)12-6-7-17-5-2/h9H,4-8H2,1-3H3,(H,12,16)(H,14,15). The number of ether oxygens (including phenoxy) is 1. The average Bonchev–Trinajstić information content (AvgIpc) is 2.30. The van der Waals surface area contributed by atoms with Crippen molar-refractivity contribution < 1.29 is 19.4 Å². The summed E-state index contributed by atoms with van der Waals surface area (Å²) in [6.07, 6.45) is 0. The molecule has 2 N–H and O–H groups in total. The van der Waals surface area contributed by atoms with E-state index in [4.69, 9.17) is 9.84 Å². The zero-order valence-electron chi connectivity index (χ0n) is 10.7. The maximum absolute atomic E-state index is 11.7. The van der Waals surface area contributed by atoms with Crippen LogP contribution < -0.4 is 5.32 Å². The molecule has 0 aromatic heterocycles. The van der Waals surface area contributed by atoms with Gasteiger partial charge in [-0.25, -0.2) is 4.79 Å². The first-order chi connectivity index (χ1) is 8.02. The van der Waals surface area contributed by atoms with Gasteiger partial charge in [0.15, 0.2) is 0 Å². The van der Waals surface area contributed by atoms with Gasteiger partial charge in [0.2, 0.25) is 0 Å². The van der Waals surface area contributed by atoms with Crippen LogP contribution in [0.2, 0.25) is 0 Å². The molecular formula is C11H22N2O4. The van der Waals surface area contributed by atoms with Crippen LogP contribution in [0.25, 0.3) is 0 Å². The van der Waals surface area contributed by atoms with Gasteiger partial charge >= 0.3 is 12.0 Å². The quantitative estimate of drug-likeness (QED) is 0.620. The molecule has 100 valence electrons. The zero-order valence-corrected chi connectivity index (χ0v) is 10.7. The first kappa shape index (κ1) is 15.7. The summed E-state index contributed by atoms with van der Waals surface area (Å²) in [7, 11) is 0. The van der Waals surface area contributed by atoms with Crippen molar-refractivity contribution in [3.63, 3.8) is 0 Å². The Bertz CT molecular complexity index is 246. The lowest BCUT2D eigenvalue weighted by Crippen LogP contribution is -2.44. The molecule has 0 rings (SSSR count). The Balaban J connectivity index is 3.99. The third-order valence-electron chi connectivity index (χ3n) is 2.31. The third-order valence-corrected chi connectivity index (χ3v) is 2.31. The fourth-order valence-corrected chi connectivity index (χ4v) is 1.25. The van der Waals surface area contributed by atoms with Gasteiger partial charge in [-0.3, -0.25) is 4.79 Å². The van der Waals surface area contributed by atoms with Gasteiger partial charge in [-0.2, -0.15) is 0 Å². The lowest BCUT2D eigenvalue weighted by atomic mass is 10.2. The summed E-state index contributed by atoms with van der Waals surface area (Å²) in [4.78, 5) is 23.8. The number of rotatable bonds is 8. The highest BCUT2D eigenvalue weighted by Gasteiger charge is 2.18. The van der Waals surface area contributed by atoms with Gasteiger partial charge in [0, 0.05) is 26.2 Å². The minimum absolute atomic E-state index is 0.215. The molecule has 1 unspecified atom stereocenters. The van der Waals surface area contributed by atoms with Gasteiger partial charge in [-0.15, -0.1) is 0 Å². The molecule has 0 fully saturated rings. The van der Waals surface area contributed by atoms with Crippen molar-refractivity contribution in [1.29, 1.82) is 0 Å². The Morgan fingerprint density at radius 3 is 2.53 bits per heavy atom. The molecule has 0 radical (unpaired) electrons. The average molecular weight is 246 g/mol. The van der Waals surface area contributed by atoms with Gasteiger partial charge in [0.1, 0.15) is 0 Å². The largest absolute Gasteiger partial charge is 0.481 e. The minimum Gasteiger partial charge on any atom is -0.481 e. The number of urea groups is 1. The predicted molar refractivity (Wildman–Crippen MR) is 63.9 cm³/mol. The predicted octanol–water partition coefficient (Wildman–Crippen LogP) is 0.775. The van der Waals surface area contributed by atoms with Crippen LogP contribution in [0.15, 0.2) is 0 Å². The number of carbonyl (C=O) groups is 2. The highest BCUT2D eigenvalue weighted by Crippen LogP contribution is 2.00. The Morgan fingerprint density at radius 2 is 2.06 bits per heavy atom. The van der Waals surface area contributed by atoms with Crippen molar-refractivity contribution in [2.24, 2.45) is 5.92 Å². The highest BCUT2D eigenvalue weighted by atomic mass is 16.5. The van der Waals surface area contributed by atoms with Gasteiger partial charge in [0.05, 0.1) is 12.5 Å². The lowest BCUT2D eigenvalue weighted by molar-refractivity contribution is -0.141. The number of carbonyl (C=O) groups excluding carboxylic acids is 1. The fourth-order valence-electron chi connectivity index (χ4n) is 1.25. The van der Waals surface area contributed by atoms with E-state index in [1.54, 1.807) is 6.92 Å². The maximum Gasteiger partial charge on any atom is 0.317 e. The molecule has 0 spiro atoms. The SMILES string of the molecule is CCOCCNC(=O)N(CC)CC(C)C(=O)O. The smallest absolute Gasteiger partial charge is 0.317 e. The van der Waals surface area contributed by atoms with Crippen molar-refractivity contribution in [2.75, 3.05) is 32.8 Å². The summed E-state index contributed by atoms with van der Waals surface area (Å²) in [6, 6.07) is -0.250. The van der Waals surface area contributed by atoms with Gasteiger partial charge in [0.25, 0.3) is 0 Å². The number of carboxylic acids is 1. The summed E-state index contributed by atoms with van der Waals surface area (Å²) in [5, 5.41) is 11.5. The van der Waals surface area contributed by atoms with Crippen molar-refractivity contribution in [3.8, 4) is 0 Å². The number of amides is 2. The fraction of sp³-hybridized carbons (Fsp3) is 0.818. The number of carboxylic acid groups (broad SMARTS) is 1. The highest BCUT2D eigenvalue weighted by molar-refractivity contribution is 5.75. The number of nitrogens with zero attached hydrogens (tertiary/aromatic N) is 1. The minimum atomic E-state index is -0.898. The summed E-state index contributed by atoms with van der Waals surface area (Å²) in [5.41, 5.74) is 0. The van der Waals surface area contributed by atoms with E-state index in [1.165, 1.54) is 4.90 Å². The van der Waals surface area contributed by atoms with E-state index < -0.39 is 11.9 Å². The van der Waals surface area contributed by atoms with Crippen LogP contribution in [0.1, 0.15) is 20.8 Å². The Labute approximate surface area is 102 Å². The maximum atomic E-state index is 11.7.